The van der Waals surface area contributed by atoms with Crippen LogP contribution >= 0.6 is 7.82 Å². The van der Waals surface area contributed by atoms with Crippen molar-refractivity contribution < 1.29 is 18.9 Å². The van der Waals surface area contributed by atoms with Gasteiger partial charge >= 0.3 is 7.82 Å². The second kappa shape index (κ2) is 14.1. The lowest BCUT2D eigenvalue weighted by Crippen LogP contribution is -1.92. The van der Waals surface area contributed by atoms with Crippen LogP contribution in [0.25, 0.3) is 0 Å². The Morgan fingerprint density at radius 1 is 0.700 bits per heavy atom. The minimum absolute atomic E-state index is 0.169. The van der Waals surface area contributed by atoms with E-state index < -0.39 is 7.82 Å². The molecule has 0 aromatic rings. The standard InChI is InChI=1S/C15H33O4P/c1-2-3-4-5-6-7-8-9-10-11-12-13-14-15-19-20(16,17)18/h2-15H2,1H3,(H2,16,17,18). The number of phosphoric acid groups is 1. The monoisotopic (exact) mass is 308 g/mol. The summed E-state index contributed by atoms with van der Waals surface area (Å²) in [4.78, 5) is 17.0. The molecule has 0 fully saturated rings. The van der Waals surface area contributed by atoms with Crippen LogP contribution in [-0.2, 0) is 9.09 Å². The Morgan fingerprint density at radius 2 is 1.05 bits per heavy atom. The fraction of sp³-hybridized carbons (Fsp3) is 1.00. The van der Waals surface area contributed by atoms with E-state index in [1.165, 1.54) is 64.2 Å². The maximum atomic E-state index is 10.4. The minimum atomic E-state index is -4.25. The van der Waals surface area contributed by atoms with E-state index in [0.717, 1.165) is 19.3 Å². The van der Waals surface area contributed by atoms with Crippen molar-refractivity contribution in [3.8, 4) is 0 Å². The molecule has 0 saturated heterocycles. The highest BCUT2D eigenvalue weighted by Gasteiger charge is 2.12. The number of unbranched alkanes of at least 4 members (excludes halogenated alkanes) is 12. The van der Waals surface area contributed by atoms with E-state index in [0.29, 0.717) is 0 Å². The fourth-order valence-corrected chi connectivity index (χ4v) is 2.67. The third-order valence-corrected chi connectivity index (χ3v) is 4.03. The average molecular weight is 308 g/mol. The molecule has 4 nitrogen and oxygen atoms in total. The molecule has 0 spiro atoms. The third-order valence-electron chi connectivity index (χ3n) is 3.51. The Kier molecular flexibility index (Phi) is 14.1. The zero-order valence-electron chi connectivity index (χ0n) is 13.1. The molecule has 0 aromatic heterocycles. The zero-order chi connectivity index (χ0) is 15.1. The van der Waals surface area contributed by atoms with Gasteiger partial charge in [-0.2, -0.15) is 0 Å². The van der Waals surface area contributed by atoms with E-state index in [4.69, 9.17) is 9.79 Å². The van der Waals surface area contributed by atoms with Crippen molar-refractivity contribution >= 4 is 7.82 Å². The van der Waals surface area contributed by atoms with E-state index in [-0.39, 0.29) is 6.61 Å². The van der Waals surface area contributed by atoms with Crippen molar-refractivity contribution in [3.05, 3.63) is 0 Å². The highest BCUT2D eigenvalue weighted by Crippen LogP contribution is 2.35. The van der Waals surface area contributed by atoms with Crippen LogP contribution in [0.4, 0.5) is 0 Å². The molecule has 5 heteroatoms. The highest BCUT2D eigenvalue weighted by atomic mass is 31.2. The normalized spacial score (nSPS) is 11.9. The first kappa shape index (κ1) is 20.1. The summed E-state index contributed by atoms with van der Waals surface area (Å²) in [6.45, 7) is 2.42. The predicted octanol–water partition coefficient (Wildman–Crippen LogP) is 5.19. The Hall–Kier alpha value is 0.110. The van der Waals surface area contributed by atoms with Crippen LogP contribution in [0.15, 0.2) is 0 Å². The van der Waals surface area contributed by atoms with Gasteiger partial charge in [-0.25, -0.2) is 4.57 Å². The van der Waals surface area contributed by atoms with Gasteiger partial charge in [-0.05, 0) is 6.42 Å². The summed E-state index contributed by atoms with van der Waals surface area (Å²) in [6.07, 6.45) is 16.3. The first-order valence-corrected chi connectivity index (χ1v) is 9.79. The molecule has 0 bridgehead atoms. The largest absolute Gasteiger partial charge is 0.469 e. The molecule has 0 aliphatic carbocycles. The molecule has 0 atom stereocenters. The molecule has 0 heterocycles. The highest BCUT2D eigenvalue weighted by molar-refractivity contribution is 7.46. The zero-order valence-corrected chi connectivity index (χ0v) is 14.0. The van der Waals surface area contributed by atoms with Crippen LogP contribution in [0.1, 0.15) is 90.4 Å². The Bertz CT molecular complexity index is 240. The van der Waals surface area contributed by atoms with Crippen molar-refractivity contribution in [1.29, 1.82) is 0 Å². The summed E-state index contributed by atoms with van der Waals surface area (Å²) in [5, 5.41) is 0. The number of rotatable bonds is 15. The summed E-state index contributed by atoms with van der Waals surface area (Å²) in [5.41, 5.74) is 0. The molecule has 0 saturated carbocycles. The van der Waals surface area contributed by atoms with Gasteiger partial charge < -0.3 is 9.79 Å². The van der Waals surface area contributed by atoms with Gasteiger partial charge in [0.1, 0.15) is 0 Å². The van der Waals surface area contributed by atoms with Gasteiger partial charge in [0.25, 0.3) is 0 Å². The first-order chi connectivity index (χ1) is 9.56. The second-order valence-corrected chi connectivity index (χ2v) is 6.81. The number of hydrogen-bond acceptors (Lipinski definition) is 2. The van der Waals surface area contributed by atoms with Gasteiger partial charge in [0.15, 0.2) is 0 Å². The van der Waals surface area contributed by atoms with Gasteiger partial charge in [-0.1, -0.05) is 84.0 Å². The van der Waals surface area contributed by atoms with E-state index in [2.05, 4.69) is 11.4 Å². The van der Waals surface area contributed by atoms with Crippen molar-refractivity contribution in [2.45, 2.75) is 90.4 Å². The topological polar surface area (TPSA) is 66.8 Å². The van der Waals surface area contributed by atoms with Crippen LogP contribution in [0.5, 0.6) is 0 Å². The molecule has 0 aromatic carbocycles. The summed E-state index contributed by atoms with van der Waals surface area (Å²) in [6, 6.07) is 0. The van der Waals surface area contributed by atoms with Gasteiger partial charge in [-0.15, -0.1) is 0 Å². The van der Waals surface area contributed by atoms with Gasteiger partial charge in [0.2, 0.25) is 0 Å². The maximum absolute atomic E-state index is 10.4. The quantitative estimate of drug-likeness (QED) is 0.323. The van der Waals surface area contributed by atoms with Crippen molar-refractivity contribution in [2.75, 3.05) is 6.61 Å². The number of hydrogen-bond donors (Lipinski definition) is 2. The Balaban J connectivity index is 3.01. The summed E-state index contributed by atoms with van der Waals surface area (Å²) in [7, 11) is -4.25. The Morgan fingerprint density at radius 3 is 1.40 bits per heavy atom. The molecular formula is C15H33O4P. The summed E-state index contributed by atoms with van der Waals surface area (Å²) >= 11 is 0. The predicted molar refractivity (Wildman–Crippen MR) is 83.7 cm³/mol. The van der Waals surface area contributed by atoms with E-state index in [1.54, 1.807) is 0 Å². The molecule has 0 aliphatic rings. The SMILES string of the molecule is CCCCCCCCCCCCCCCOP(=O)(O)O. The van der Waals surface area contributed by atoms with Crippen molar-refractivity contribution in [2.24, 2.45) is 0 Å². The van der Waals surface area contributed by atoms with Crippen LogP contribution in [-0.4, -0.2) is 16.4 Å². The van der Waals surface area contributed by atoms with Crippen LogP contribution in [0.2, 0.25) is 0 Å². The van der Waals surface area contributed by atoms with Gasteiger partial charge in [0.05, 0.1) is 6.61 Å². The minimum Gasteiger partial charge on any atom is -0.303 e. The van der Waals surface area contributed by atoms with Crippen molar-refractivity contribution in [3.63, 3.8) is 0 Å². The van der Waals surface area contributed by atoms with Gasteiger partial charge in [0, 0.05) is 0 Å². The van der Waals surface area contributed by atoms with Crippen molar-refractivity contribution in [1.82, 2.24) is 0 Å². The summed E-state index contributed by atoms with van der Waals surface area (Å²) in [5.74, 6) is 0. The number of phosphoric ester groups is 1. The molecule has 0 rings (SSSR count). The molecule has 0 amide bonds. The third kappa shape index (κ3) is 18.1. The smallest absolute Gasteiger partial charge is 0.303 e. The molecule has 0 radical (unpaired) electrons. The van der Waals surface area contributed by atoms with Crippen LogP contribution in [0, 0.1) is 0 Å². The molecule has 122 valence electrons. The van der Waals surface area contributed by atoms with E-state index in [1.807, 2.05) is 0 Å². The Labute approximate surface area is 124 Å². The molecule has 20 heavy (non-hydrogen) atoms. The molecule has 0 aliphatic heterocycles. The first-order valence-electron chi connectivity index (χ1n) is 8.26. The van der Waals surface area contributed by atoms with Gasteiger partial charge in [-0.3, -0.25) is 4.52 Å². The lowest BCUT2D eigenvalue weighted by molar-refractivity contribution is 0.193. The second-order valence-electron chi connectivity index (χ2n) is 5.57. The lowest BCUT2D eigenvalue weighted by Gasteiger charge is -2.05. The maximum Gasteiger partial charge on any atom is 0.469 e. The van der Waals surface area contributed by atoms with Crippen LogP contribution < -0.4 is 0 Å². The fourth-order valence-electron chi connectivity index (χ4n) is 2.30. The summed E-state index contributed by atoms with van der Waals surface area (Å²) < 4.78 is 14.8. The van der Waals surface area contributed by atoms with Crippen LogP contribution in [0.3, 0.4) is 0 Å². The molecule has 0 unspecified atom stereocenters. The molecule has 2 N–H and O–H groups in total. The lowest BCUT2D eigenvalue weighted by atomic mass is 10.0. The average Bonchev–Trinajstić information content (AvgIpc) is 2.38. The van der Waals surface area contributed by atoms with E-state index >= 15 is 0 Å². The van der Waals surface area contributed by atoms with E-state index in [9.17, 15) is 4.57 Å². The molecular weight excluding hydrogens is 275 g/mol.